The molecule has 0 saturated heterocycles. The van der Waals surface area contributed by atoms with Crippen molar-refractivity contribution in [3.63, 3.8) is 0 Å². The molecule has 2 heterocycles. The molecule has 0 spiro atoms. The lowest BCUT2D eigenvalue weighted by Crippen LogP contribution is -2.23. The van der Waals surface area contributed by atoms with E-state index in [1.807, 2.05) is 12.1 Å². The van der Waals surface area contributed by atoms with Crippen molar-refractivity contribution in [1.29, 1.82) is 0 Å². The van der Waals surface area contributed by atoms with Crippen LogP contribution in [0.5, 0.6) is 0 Å². The molecule has 94 valence electrons. The highest BCUT2D eigenvalue weighted by Crippen LogP contribution is 2.22. The van der Waals surface area contributed by atoms with Gasteiger partial charge in [-0.15, -0.1) is 11.3 Å². The summed E-state index contributed by atoms with van der Waals surface area (Å²) in [4.78, 5) is 16.8. The van der Waals surface area contributed by atoms with Crippen LogP contribution in [0.4, 0.5) is 5.69 Å². The average Bonchev–Trinajstić information content (AvgIpc) is 2.75. The molecular weight excluding hydrogens is 338 g/mol. The molecular formula is C11H9BrClN3OS. The number of aromatic nitrogens is 1. The number of amides is 1. The van der Waals surface area contributed by atoms with Crippen LogP contribution >= 0.6 is 38.9 Å². The number of nitrogens with one attached hydrogen (secondary N) is 1. The fourth-order valence-electron chi connectivity index (χ4n) is 1.35. The van der Waals surface area contributed by atoms with Gasteiger partial charge < -0.3 is 11.1 Å². The van der Waals surface area contributed by atoms with E-state index in [0.29, 0.717) is 17.8 Å². The third-order valence-corrected chi connectivity index (χ3v) is 4.03. The van der Waals surface area contributed by atoms with Crippen LogP contribution in [0, 0.1) is 0 Å². The van der Waals surface area contributed by atoms with Crippen molar-refractivity contribution >= 4 is 50.5 Å². The highest BCUT2D eigenvalue weighted by Gasteiger charge is 2.11. The van der Waals surface area contributed by atoms with E-state index in [9.17, 15) is 4.79 Å². The minimum Gasteiger partial charge on any atom is -0.397 e. The molecule has 0 aliphatic carbocycles. The summed E-state index contributed by atoms with van der Waals surface area (Å²) in [6.45, 7) is 0.453. The highest BCUT2D eigenvalue weighted by molar-refractivity contribution is 9.11. The first-order chi connectivity index (χ1) is 8.56. The predicted molar refractivity (Wildman–Crippen MR) is 76.8 cm³/mol. The molecule has 2 rings (SSSR count). The number of carbonyl (C=O) groups excluding carboxylic acids is 1. The average molecular weight is 347 g/mol. The van der Waals surface area contributed by atoms with Crippen molar-refractivity contribution in [1.82, 2.24) is 10.3 Å². The van der Waals surface area contributed by atoms with E-state index in [2.05, 4.69) is 26.2 Å². The summed E-state index contributed by atoms with van der Waals surface area (Å²) in [5, 5.41) is 3.02. The third-order valence-electron chi connectivity index (χ3n) is 2.20. The van der Waals surface area contributed by atoms with E-state index >= 15 is 0 Å². The predicted octanol–water partition coefficient (Wildman–Crippen LogP) is 3.07. The molecule has 2 aromatic rings. The molecule has 0 atom stereocenters. The van der Waals surface area contributed by atoms with Crippen LogP contribution in [0.25, 0.3) is 0 Å². The van der Waals surface area contributed by atoms with Crippen LogP contribution in [0.1, 0.15) is 15.2 Å². The Morgan fingerprint density at radius 1 is 1.56 bits per heavy atom. The molecule has 2 aromatic heterocycles. The van der Waals surface area contributed by atoms with Gasteiger partial charge in [0.05, 0.1) is 27.8 Å². The van der Waals surface area contributed by atoms with Gasteiger partial charge in [0.25, 0.3) is 5.91 Å². The van der Waals surface area contributed by atoms with Gasteiger partial charge in [0.2, 0.25) is 0 Å². The quantitative estimate of drug-likeness (QED) is 0.839. The molecule has 0 aliphatic heterocycles. The summed E-state index contributed by atoms with van der Waals surface area (Å²) in [5.41, 5.74) is 6.32. The smallest absolute Gasteiger partial charge is 0.253 e. The minimum atomic E-state index is -0.263. The lowest BCUT2D eigenvalue weighted by molar-refractivity contribution is 0.0952. The zero-order valence-corrected chi connectivity index (χ0v) is 12.3. The topological polar surface area (TPSA) is 68.0 Å². The lowest BCUT2D eigenvalue weighted by atomic mass is 10.2. The molecule has 0 saturated carbocycles. The van der Waals surface area contributed by atoms with Crippen LogP contribution in [0.3, 0.4) is 0 Å². The zero-order valence-electron chi connectivity index (χ0n) is 9.11. The second-order valence-electron chi connectivity index (χ2n) is 3.48. The van der Waals surface area contributed by atoms with Gasteiger partial charge in [0.15, 0.2) is 0 Å². The first kappa shape index (κ1) is 13.3. The Labute approximate surface area is 121 Å². The van der Waals surface area contributed by atoms with E-state index in [1.165, 1.54) is 12.3 Å². The Kier molecular flexibility index (Phi) is 4.21. The van der Waals surface area contributed by atoms with Crippen molar-refractivity contribution in [2.24, 2.45) is 0 Å². The van der Waals surface area contributed by atoms with Gasteiger partial charge in [0, 0.05) is 4.88 Å². The summed E-state index contributed by atoms with van der Waals surface area (Å²) in [6.07, 6.45) is 1.37. The number of anilines is 1. The maximum atomic E-state index is 11.9. The molecule has 0 radical (unpaired) electrons. The van der Waals surface area contributed by atoms with Crippen LogP contribution in [0.15, 0.2) is 28.2 Å². The molecule has 1 amide bonds. The summed E-state index contributed by atoms with van der Waals surface area (Å²) >= 11 is 10.7. The number of halogens is 2. The number of hydrogen-bond acceptors (Lipinski definition) is 4. The molecule has 0 fully saturated rings. The van der Waals surface area contributed by atoms with E-state index in [1.54, 1.807) is 11.3 Å². The Morgan fingerprint density at radius 3 is 3.00 bits per heavy atom. The van der Waals surface area contributed by atoms with Gasteiger partial charge in [-0.25, -0.2) is 4.98 Å². The molecule has 0 bridgehead atoms. The molecule has 0 unspecified atom stereocenters. The van der Waals surface area contributed by atoms with Crippen molar-refractivity contribution in [3.05, 3.63) is 43.8 Å². The fraction of sp³-hybridized carbons (Fsp3) is 0.0909. The van der Waals surface area contributed by atoms with Crippen molar-refractivity contribution in [2.75, 3.05) is 5.73 Å². The molecule has 0 aromatic carbocycles. The SMILES string of the molecule is Nc1cnc(Cl)cc1C(=O)NCc1ccc(Br)s1. The van der Waals surface area contributed by atoms with E-state index < -0.39 is 0 Å². The van der Waals surface area contributed by atoms with Gasteiger partial charge in [-0.1, -0.05) is 11.6 Å². The Hall–Kier alpha value is -1.11. The van der Waals surface area contributed by atoms with Crippen LogP contribution in [-0.2, 0) is 6.54 Å². The number of nitrogens with zero attached hydrogens (tertiary/aromatic N) is 1. The molecule has 4 nitrogen and oxygen atoms in total. The summed E-state index contributed by atoms with van der Waals surface area (Å²) < 4.78 is 1.03. The molecule has 0 aliphatic rings. The Bertz CT molecular complexity index is 587. The van der Waals surface area contributed by atoms with E-state index in [0.717, 1.165) is 8.66 Å². The third kappa shape index (κ3) is 3.22. The monoisotopic (exact) mass is 345 g/mol. The van der Waals surface area contributed by atoms with Crippen molar-refractivity contribution in [2.45, 2.75) is 6.54 Å². The largest absolute Gasteiger partial charge is 0.397 e. The second kappa shape index (κ2) is 5.69. The van der Waals surface area contributed by atoms with Gasteiger partial charge in [-0.3, -0.25) is 4.79 Å². The first-order valence-corrected chi connectivity index (χ1v) is 6.98. The van der Waals surface area contributed by atoms with E-state index in [-0.39, 0.29) is 11.1 Å². The fourth-order valence-corrected chi connectivity index (χ4v) is 2.93. The van der Waals surface area contributed by atoms with Gasteiger partial charge in [0.1, 0.15) is 5.15 Å². The maximum absolute atomic E-state index is 11.9. The number of carbonyl (C=O) groups is 1. The number of hydrogen-bond donors (Lipinski definition) is 2. The summed E-state index contributed by atoms with van der Waals surface area (Å²) in [5.74, 6) is -0.263. The number of nitrogens with two attached hydrogens (primary N) is 1. The first-order valence-electron chi connectivity index (χ1n) is 4.99. The molecule has 7 heteroatoms. The molecule has 3 N–H and O–H groups in total. The minimum absolute atomic E-state index is 0.244. The zero-order chi connectivity index (χ0) is 13.1. The van der Waals surface area contributed by atoms with Crippen LogP contribution in [0.2, 0.25) is 5.15 Å². The van der Waals surface area contributed by atoms with Gasteiger partial charge in [-0.05, 0) is 34.1 Å². The van der Waals surface area contributed by atoms with Gasteiger partial charge in [-0.2, -0.15) is 0 Å². The Morgan fingerprint density at radius 2 is 2.33 bits per heavy atom. The number of nitrogen functional groups attached to an aromatic ring is 1. The van der Waals surface area contributed by atoms with Crippen molar-refractivity contribution in [3.8, 4) is 0 Å². The summed E-state index contributed by atoms with van der Waals surface area (Å²) in [6, 6.07) is 5.33. The van der Waals surface area contributed by atoms with Gasteiger partial charge >= 0.3 is 0 Å². The van der Waals surface area contributed by atoms with Crippen LogP contribution < -0.4 is 11.1 Å². The second-order valence-corrected chi connectivity index (χ2v) is 6.42. The maximum Gasteiger partial charge on any atom is 0.253 e. The van der Waals surface area contributed by atoms with Crippen LogP contribution in [-0.4, -0.2) is 10.9 Å². The number of thiophene rings is 1. The number of rotatable bonds is 3. The summed E-state index contributed by atoms with van der Waals surface area (Å²) in [7, 11) is 0. The number of pyridine rings is 1. The van der Waals surface area contributed by atoms with E-state index in [4.69, 9.17) is 17.3 Å². The molecule has 18 heavy (non-hydrogen) atoms. The standard InChI is InChI=1S/C11H9BrClN3OS/c12-9-2-1-6(18-9)4-16-11(17)7-3-10(13)15-5-8(7)14/h1-3,5H,4,14H2,(H,16,17). The van der Waals surface area contributed by atoms with Crippen molar-refractivity contribution < 1.29 is 4.79 Å². The highest BCUT2D eigenvalue weighted by atomic mass is 79.9. The lowest BCUT2D eigenvalue weighted by Gasteiger charge is -2.06. The Balaban J connectivity index is 2.05. The normalized spacial score (nSPS) is 10.3.